The number of hydrogen-bond acceptors (Lipinski definition) is 4. The van der Waals surface area contributed by atoms with Crippen molar-refractivity contribution in [1.82, 2.24) is 4.90 Å². The van der Waals surface area contributed by atoms with Gasteiger partial charge in [0, 0.05) is 24.9 Å². The molecule has 1 aromatic carbocycles. The van der Waals surface area contributed by atoms with Gasteiger partial charge in [-0.05, 0) is 74.5 Å². The van der Waals surface area contributed by atoms with Gasteiger partial charge >= 0.3 is 5.97 Å². The zero-order valence-electron chi connectivity index (χ0n) is 21.2. The Hall–Kier alpha value is -1.99. The number of nitrogens with two attached hydrogens (primary N) is 1. The number of likely N-dealkylation sites (tertiary alicyclic amines) is 1. The van der Waals surface area contributed by atoms with Crippen LogP contribution in [-0.2, 0) is 16.0 Å². The molecule has 3 atom stereocenters. The van der Waals surface area contributed by atoms with E-state index in [9.17, 15) is 18.8 Å². The van der Waals surface area contributed by atoms with Gasteiger partial charge in [-0.15, -0.1) is 12.4 Å². The SMILES string of the molecule is CC(N)C1CCC(C(=O)N2CC[C@@H](C3CCCCC3)[C@H]2C(=O)Cc2ccc(C(=O)O)c(F)c2)CC1.Cl. The van der Waals surface area contributed by atoms with Crippen LogP contribution >= 0.6 is 12.4 Å². The van der Waals surface area contributed by atoms with Gasteiger partial charge in [-0.2, -0.15) is 0 Å². The minimum absolute atomic E-state index is 0. The Balaban J connectivity index is 0.00000361. The third-order valence-corrected chi connectivity index (χ3v) is 8.82. The fraction of sp³-hybridized carbons (Fsp3) is 0.679. The number of carboxylic acids is 1. The molecule has 1 unspecified atom stereocenters. The summed E-state index contributed by atoms with van der Waals surface area (Å²) in [6, 6.07) is 3.53. The number of halogens is 2. The molecule has 1 heterocycles. The van der Waals surface area contributed by atoms with Crippen LogP contribution in [-0.4, -0.2) is 46.3 Å². The molecule has 3 fully saturated rings. The standard InChI is InChI=1S/C28H39FN2O4.ClH/c1-17(30)19-8-10-21(11-9-19)27(33)31-14-13-22(20-5-3-2-4-6-20)26(31)25(32)16-18-7-12-23(28(34)35)24(29)15-18;/h7,12,15,17,19-22,26H,2-6,8-11,13-14,16,30H2,1H3,(H,34,35);1H/t17?,19?,21?,22-,26-;/m0./s1. The molecule has 1 amide bonds. The summed E-state index contributed by atoms with van der Waals surface area (Å²) in [5, 5.41) is 9.10. The summed E-state index contributed by atoms with van der Waals surface area (Å²) < 4.78 is 14.3. The van der Waals surface area contributed by atoms with Crippen LogP contribution in [0.15, 0.2) is 18.2 Å². The molecule has 2 aliphatic carbocycles. The average molecular weight is 523 g/mol. The third kappa shape index (κ3) is 6.28. The Kier molecular flexibility index (Phi) is 9.93. The van der Waals surface area contributed by atoms with Crippen LogP contribution in [0, 0.1) is 29.5 Å². The van der Waals surface area contributed by atoms with Crippen LogP contribution in [0.1, 0.15) is 87.1 Å². The normalized spacial score (nSPS) is 27.8. The first kappa shape index (κ1) is 28.6. The first-order chi connectivity index (χ1) is 16.8. The lowest BCUT2D eigenvalue weighted by atomic mass is 9.75. The number of benzene rings is 1. The highest BCUT2D eigenvalue weighted by Crippen LogP contribution is 2.41. The predicted octanol–water partition coefficient (Wildman–Crippen LogP) is 5.01. The second kappa shape index (κ2) is 12.5. The fourth-order valence-corrected chi connectivity index (χ4v) is 6.81. The molecule has 0 bridgehead atoms. The smallest absolute Gasteiger partial charge is 0.338 e. The molecule has 1 saturated heterocycles. The van der Waals surface area contributed by atoms with E-state index in [1.165, 1.54) is 31.4 Å². The van der Waals surface area contributed by atoms with Crippen LogP contribution in [0.25, 0.3) is 0 Å². The Morgan fingerprint density at radius 3 is 2.31 bits per heavy atom. The molecule has 8 heteroatoms. The summed E-state index contributed by atoms with van der Waals surface area (Å²) in [6.07, 6.45) is 10.1. The number of carboxylic acid groups (broad SMARTS) is 1. The maximum atomic E-state index is 14.3. The molecule has 0 aromatic heterocycles. The number of Topliss-reactive ketones (excluding diaryl/α,β-unsaturated/α-hetero) is 1. The largest absolute Gasteiger partial charge is 0.478 e. The molecule has 2 saturated carbocycles. The number of nitrogens with zero attached hydrogens (tertiary/aromatic N) is 1. The van der Waals surface area contributed by atoms with Crippen molar-refractivity contribution >= 4 is 30.1 Å². The van der Waals surface area contributed by atoms with Crippen LogP contribution in [0.3, 0.4) is 0 Å². The van der Waals surface area contributed by atoms with Gasteiger partial charge in [0.2, 0.25) is 5.91 Å². The molecule has 1 aromatic rings. The van der Waals surface area contributed by atoms with Gasteiger partial charge in [0.1, 0.15) is 5.82 Å². The van der Waals surface area contributed by atoms with Crippen LogP contribution in [0.2, 0.25) is 0 Å². The highest BCUT2D eigenvalue weighted by molar-refractivity contribution is 5.92. The van der Waals surface area contributed by atoms with Crippen molar-refractivity contribution in [3.63, 3.8) is 0 Å². The van der Waals surface area contributed by atoms with Gasteiger partial charge in [-0.1, -0.05) is 38.2 Å². The molecule has 3 N–H and O–H groups in total. The van der Waals surface area contributed by atoms with E-state index in [1.54, 1.807) is 0 Å². The second-order valence-corrected chi connectivity index (χ2v) is 11.1. The molecular weight excluding hydrogens is 483 g/mol. The second-order valence-electron chi connectivity index (χ2n) is 11.1. The number of aromatic carboxylic acids is 1. The number of ketones is 1. The molecule has 1 aliphatic heterocycles. The molecule has 200 valence electrons. The molecule has 0 radical (unpaired) electrons. The maximum Gasteiger partial charge on any atom is 0.338 e. The lowest BCUT2D eigenvalue weighted by molar-refractivity contribution is -0.143. The maximum absolute atomic E-state index is 14.3. The van der Waals surface area contributed by atoms with E-state index in [0.717, 1.165) is 51.0 Å². The summed E-state index contributed by atoms with van der Waals surface area (Å²) in [6.45, 7) is 2.64. The van der Waals surface area contributed by atoms with Crippen LogP contribution in [0.4, 0.5) is 4.39 Å². The van der Waals surface area contributed by atoms with E-state index < -0.39 is 23.4 Å². The minimum atomic E-state index is -1.33. The van der Waals surface area contributed by atoms with E-state index >= 15 is 0 Å². The van der Waals surface area contributed by atoms with Crippen LogP contribution < -0.4 is 5.73 Å². The Labute approximate surface area is 219 Å². The van der Waals surface area contributed by atoms with Gasteiger partial charge in [-0.3, -0.25) is 9.59 Å². The monoisotopic (exact) mass is 522 g/mol. The fourth-order valence-electron chi connectivity index (χ4n) is 6.81. The van der Waals surface area contributed by atoms with Gasteiger partial charge < -0.3 is 15.7 Å². The number of hydrogen-bond donors (Lipinski definition) is 2. The average Bonchev–Trinajstić information content (AvgIpc) is 3.29. The van der Waals surface area contributed by atoms with Crippen molar-refractivity contribution in [2.75, 3.05) is 6.54 Å². The number of rotatable bonds is 7. The van der Waals surface area contributed by atoms with Gasteiger partial charge in [-0.25, -0.2) is 9.18 Å². The molecule has 6 nitrogen and oxygen atoms in total. The zero-order chi connectivity index (χ0) is 25.1. The van der Waals surface area contributed by atoms with Crippen molar-refractivity contribution in [3.05, 3.63) is 35.1 Å². The Morgan fingerprint density at radius 1 is 1.06 bits per heavy atom. The molecular formula is C28H40ClFN2O4. The van der Waals surface area contributed by atoms with Gasteiger partial charge in [0.25, 0.3) is 0 Å². The minimum Gasteiger partial charge on any atom is -0.478 e. The summed E-state index contributed by atoms with van der Waals surface area (Å²) >= 11 is 0. The highest BCUT2D eigenvalue weighted by atomic mass is 35.5. The lowest BCUT2D eigenvalue weighted by Gasteiger charge is -2.36. The third-order valence-electron chi connectivity index (χ3n) is 8.82. The molecule has 0 spiro atoms. The van der Waals surface area contributed by atoms with E-state index in [1.807, 2.05) is 11.8 Å². The predicted molar refractivity (Wildman–Crippen MR) is 139 cm³/mol. The molecule has 3 aliphatic rings. The van der Waals surface area contributed by atoms with Crippen molar-refractivity contribution in [2.24, 2.45) is 29.4 Å². The van der Waals surface area contributed by atoms with Gasteiger partial charge in [0.15, 0.2) is 5.78 Å². The molecule has 4 rings (SSSR count). The van der Waals surface area contributed by atoms with Crippen molar-refractivity contribution < 1.29 is 23.9 Å². The van der Waals surface area contributed by atoms with Crippen molar-refractivity contribution in [1.29, 1.82) is 0 Å². The zero-order valence-corrected chi connectivity index (χ0v) is 22.0. The molecule has 36 heavy (non-hydrogen) atoms. The highest BCUT2D eigenvalue weighted by Gasteiger charge is 2.46. The number of carbonyl (C=O) groups excluding carboxylic acids is 2. The van der Waals surface area contributed by atoms with Crippen LogP contribution in [0.5, 0.6) is 0 Å². The first-order valence-corrected chi connectivity index (χ1v) is 13.4. The summed E-state index contributed by atoms with van der Waals surface area (Å²) in [5.41, 5.74) is 6.14. The Bertz CT molecular complexity index is 941. The van der Waals surface area contributed by atoms with E-state index in [2.05, 4.69) is 0 Å². The first-order valence-electron chi connectivity index (χ1n) is 13.4. The summed E-state index contributed by atoms with van der Waals surface area (Å²) in [7, 11) is 0. The van der Waals surface area contributed by atoms with E-state index in [-0.39, 0.29) is 48.4 Å². The summed E-state index contributed by atoms with van der Waals surface area (Å²) in [5.74, 6) is -1.14. The number of amides is 1. The van der Waals surface area contributed by atoms with Crippen molar-refractivity contribution in [2.45, 2.75) is 89.6 Å². The van der Waals surface area contributed by atoms with Crippen molar-refractivity contribution in [3.8, 4) is 0 Å². The lowest BCUT2D eigenvalue weighted by Crippen LogP contribution is -2.48. The Morgan fingerprint density at radius 2 is 1.72 bits per heavy atom. The van der Waals surface area contributed by atoms with E-state index in [4.69, 9.17) is 10.8 Å². The quantitative estimate of drug-likeness (QED) is 0.524. The topological polar surface area (TPSA) is 101 Å². The summed E-state index contributed by atoms with van der Waals surface area (Å²) in [4.78, 5) is 40.3. The number of carbonyl (C=O) groups is 3. The van der Waals surface area contributed by atoms with E-state index in [0.29, 0.717) is 23.9 Å². The van der Waals surface area contributed by atoms with Gasteiger partial charge in [0.05, 0.1) is 11.6 Å².